The third kappa shape index (κ3) is 2.46. The maximum absolute atomic E-state index is 3.38. The predicted molar refractivity (Wildman–Crippen MR) is 58.9 cm³/mol. The molecule has 0 unspecified atom stereocenters. The summed E-state index contributed by atoms with van der Waals surface area (Å²) in [6.45, 7) is 8.92. The highest BCUT2D eigenvalue weighted by Crippen LogP contribution is 2.50. The van der Waals surface area contributed by atoms with Crippen LogP contribution < -0.4 is 5.32 Å². The number of rotatable bonds is 3. The number of hydrogen-bond acceptors (Lipinski definition) is 1. The van der Waals surface area contributed by atoms with E-state index >= 15 is 0 Å². The van der Waals surface area contributed by atoms with Crippen LogP contribution in [-0.2, 0) is 0 Å². The Balaban J connectivity index is 0.000000396. The van der Waals surface area contributed by atoms with E-state index in [1.54, 1.807) is 0 Å². The van der Waals surface area contributed by atoms with Crippen LogP contribution in [0.3, 0.4) is 0 Å². The molecule has 1 spiro atoms. The van der Waals surface area contributed by atoms with Crippen molar-refractivity contribution < 1.29 is 0 Å². The molecule has 78 valence electrons. The van der Waals surface area contributed by atoms with Crippen LogP contribution in [0.15, 0.2) is 0 Å². The highest BCUT2D eigenvalue weighted by atomic mass is 15.0. The van der Waals surface area contributed by atoms with Gasteiger partial charge in [-0.25, -0.2) is 0 Å². The molecule has 13 heavy (non-hydrogen) atoms. The van der Waals surface area contributed by atoms with E-state index in [0.29, 0.717) is 0 Å². The number of hydrogen-bond donors (Lipinski definition) is 1. The summed E-state index contributed by atoms with van der Waals surface area (Å²) >= 11 is 0. The summed E-state index contributed by atoms with van der Waals surface area (Å²) in [4.78, 5) is 0. The van der Waals surface area contributed by atoms with Crippen molar-refractivity contribution in [2.75, 3.05) is 13.1 Å². The molecule has 2 rings (SSSR count). The number of nitrogens with one attached hydrogen (secondary N) is 1. The van der Waals surface area contributed by atoms with Gasteiger partial charge in [-0.2, -0.15) is 0 Å². The van der Waals surface area contributed by atoms with Crippen LogP contribution in [-0.4, -0.2) is 13.1 Å². The lowest BCUT2D eigenvalue weighted by molar-refractivity contribution is -0.00407. The van der Waals surface area contributed by atoms with E-state index in [2.05, 4.69) is 12.2 Å². The molecule has 1 heterocycles. The van der Waals surface area contributed by atoms with Crippen LogP contribution in [0.2, 0.25) is 0 Å². The Morgan fingerprint density at radius 3 is 2.23 bits per heavy atom. The standard InChI is InChI=1S/C10H19N.C2H6/c1-2-3-4-9-5-10(6-9)7-11-8-10;1-2/h9,11H,2-8H2,1H3;1-2H3. The first-order valence-electron chi connectivity index (χ1n) is 6.05. The fourth-order valence-electron chi connectivity index (χ4n) is 2.63. The second-order valence-corrected chi connectivity index (χ2v) is 4.52. The Hall–Kier alpha value is -0.0400. The van der Waals surface area contributed by atoms with E-state index in [0.717, 1.165) is 11.3 Å². The van der Waals surface area contributed by atoms with Gasteiger partial charge in [0.2, 0.25) is 0 Å². The molecule has 0 aromatic carbocycles. The fourth-order valence-corrected chi connectivity index (χ4v) is 2.63. The third-order valence-corrected chi connectivity index (χ3v) is 3.41. The van der Waals surface area contributed by atoms with Gasteiger partial charge in [0.15, 0.2) is 0 Å². The van der Waals surface area contributed by atoms with Crippen molar-refractivity contribution >= 4 is 0 Å². The summed E-state index contributed by atoms with van der Waals surface area (Å²) in [7, 11) is 0. The van der Waals surface area contributed by atoms with Crippen molar-refractivity contribution in [3.05, 3.63) is 0 Å². The van der Waals surface area contributed by atoms with Gasteiger partial charge in [0.1, 0.15) is 0 Å². The second-order valence-electron chi connectivity index (χ2n) is 4.52. The van der Waals surface area contributed by atoms with Crippen molar-refractivity contribution in [3.8, 4) is 0 Å². The SMILES string of the molecule is CC.CCCCC1CC2(CNC2)C1. The zero-order valence-electron chi connectivity index (χ0n) is 9.53. The Bertz CT molecular complexity index is 130. The third-order valence-electron chi connectivity index (χ3n) is 3.41. The van der Waals surface area contributed by atoms with E-state index in [1.807, 2.05) is 13.8 Å². The maximum atomic E-state index is 3.38. The van der Waals surface area contributed by atoms with Gasteiger partial charge >= 0.3 is 0 Å². The molecule has 0 atom stereocenters. The fraction of sp³-hybridized carbons (Fsp3) is 1.00. The highest BCUT2D eigenvalue weighted by Gasteiger charge is 2.47. The van der Waals surface area contributed by atoms with E-state index < -0.39 is 0 Å². The van der Waals surface area contributed by atoms with Crippen LogP contribution in [0, 0.1) is 11.3 Å². The largest absolute Gasteiger partial charge is 0.316 e. The summed E-state index contributed by atoms with van der Waals surface area (Å²) < 4.78 is 0. The molecule has 0 aromatic heterocycles. The lowest BCUT2D eigenvalue weighted by Crippen LogP contribution is -2.60. The topological polar surface area (TPSA) is 12.0 Å². The highest BCUT2D eigenvalue weighted by molar-refractivity contribution is 5.02. The lowest BCUT2D eigenvalue weighted by Gasteiger charge is -2.54. The average molecular weight is 183 g/mol. The molecule has 2 aliphatic rings. The predicted octanol–water partition coefficient (Wildman–Crippen LogP) is 3.20. The van der Waals surface area contributed by atoms with Crippen LogP contribution in [0.1, 0.15) is 52.9 Å². The first-order chi connectivity index (χ1) is 6.35. The molecule has 1 N–H and O–H groups in total. The molecule has 0 amide bonds. The van der Waals surface area contributed by atoms with Gasteiger partial charge in [-0.05, 0) is 24.2 Å². The van der Waals surface area contributed by atoms with E-state index in [9.17, 15) is 0 Å². The van der Waals surface area contributed by atoms with E-state index in [1.165, 1.54) is 45.2 Å². The zero-order chi connectivity index (χ0) is 9.73. The summed E-state index contributed by atoms with van der Waals surface area (Å²) in [5, 5.41) is 3.38. The summed E-state index contributed by atoms with van der Waals surface area (Å²) in [6.07, 6.45) is 7.38. The second kappa shape index (κ2) is 4.99. The summed E-state index contributed by atoms with van der Waals surface area (Å²) in [6, 6.07) is 0. The lowest BCUT2D eigenvalue weighted by atomic mass is 9.57. The smallest absolute Gasteiger partial charge is 0.00204 e. The Kier molecular flexibility index (Phi) is 4.24. The molecular weight excluding hydrogens is 158 g/mol. The minimum Gasteiger partial charge on any atom is -0.316 e. The Labute approximate surface area is 83.3 Å². The first kappa shape index (κ1) is 11.0. The van der Waals surface area contributed by atoms with Gasteiger partial charge in [-0.15, -0.1) is 0 Å². The first-order valence-corrected chi connectivity index (χ1v) is 6.05. The van der Waals surface area contributed by atoms with Gasteiger partial charge in [0, 0.05) is 13.1 Å². The monoisotopic (exact) mass is 183 g/mol. The minimum absolute atomic E-state index is 0.804. The van der Waals surface area contributed by atoms with Crippen molar-refractivity contribution in [1.29, 1.82) is 0 Å². The van der Waals surface area contributed by atoms with Crippen LogP contribution in [0.25, 0.3) is 0 Å². The van der Waals surface area contributed by atoms with Crippen molar-refractivity contribution in [2.45, 2.75) is 52.9 Å². The van der Waals surface area contributed by atoms with Gasteiger partial charge in [0.05, 0.1) is 0 Å². The molecule has 1 aliphatic carbocycles. The molecule has 0 radical (unpaired) electrons. The van der Waals surface area contributed by atoms with Crippen LogP contribution >= 0.6 is 0 Å². The van der Waals surface area contributed by atoms with E-state index in [4.69, 9.17) is 0 Å². The van der Waals surface area contributed by atoms with Crippen LogP contribution in [0.5, 0.6) is 0 Å². The Morgan fingerprint density at radius 2 is 1.85 bits per heavy atom. The minimum atomic E-state index is 0.804. The zero-order valence-corrected chi connectivity index (χ0v) is 9.53. The quantitative estimate of drug-likeness (QED) is 0.708. The summed E-state index contributed by atoms with van der Waals surface area (Å²) in [5.74, 6) is 1.09. The molecule has 1 aliphatic heterocycles. The van der Waals surface area contributed by atoms with Gasteiger partial charge in [0.25, 0.3) is 0 Å². The summed E-state index contributed by atoms with van der Waals surface area (Å²) in [5.41, 5.74) is 0.804. The van der Waals surface area contributed by atoms with Crippen molar-refractivity contribution in [1.82, 2.24) is 5.32 Å². The van der Waals surface area contributed by atoms with Gasteiger partial charge in [-0.1, -0.05) is 40.0 Å². The van der Waals surface area contributed by atoms with Crippen LogP contribution in [0.4, 0.5) is 0 Å². The molecule has 2 fully saturated rings. The van der Waals surface area contributed by atoms with Gasteiger partial charge in [-0.3, -0.25) is 0 Å². The number of unbranched alkanes of at least 4 members (excludes halogenated alkanes) is 1. The van der Waals surface area contributed by atoms with Crippen molar-refractivity contribution in [3.63, 3.8) is 0 Å². The molecular formula is C12H25N. The molecule has 1 nitrogen and oxygen atoms in total. The molecule has 0 aromatic rings. The van der Waals surface area contributed by atoms with Crippen molar-refractivity contribution in [2.24, 2.45) is 11.3 Å². The van der Waals surface area contributed by atoms with E-state index in [-0.39, 0.29) is 0 Å². The molecule has 1 saturated carbocycles. The van der Waals surface area contributed by atoms with Gasteiger partial charge < -0.3 is 5.32 Å². The Morgan fingerprint density at radius 1 is 1.23 bits per heavy atom. The average Bonchev–Trinajstić information content (AvgIpc) is 2.03. The molecule has 1 heteroatoms. The molecule has 1 saturated heterocycles. The maximum Gasteiger partial charge on any atom is 0.00204 e. The normalized spacial score (nSPS) is 24.2. The molecule has 0 bridgehead atoms.